The third-order valence-corrected chi connectivity index (χ3v) is 3.69. The summed E-state index contributed by atoms with van der Waals surface area (Å²) in [5, 5.41) is 3.51. The highest BCUT2D eigenvalue weighted by atomic mass is 15.1. The van der Waals surface area contributed by atoms with Crippen LogP contribution >= 0.6 is 0 Å². The summed E-state index contributed by atoms with van der Waals surface area (Å²) in [6.45, 7) is 9.28. The Balaban J connectivity index is 1.68. The molecule has 1 aliphatic heterocycles. The molecule has 1 aromatic carbocycles. The Morgan fingerprint density at radius 2 is 1.88 bits per heavy atom. The quantitative estimate of drug-likeness (QED) is 0.784. The van der Waals surface area contributed by atoms with Gasteiger partial charge in [0.25, 0.3) is 0 Å². The van der Waals surface area contributed by atoms with Crippen LogP contribution in [0.1, 0.15) is 30.4 Å². The molecule has 0 spiro atoms. The molecule has 0 atom stereocenters. The Labute approximate surface area is 105 Å². The second kappa shape index (κ2) is 6.06. The van der Waals surface area contributed by atoms with Crippen LogP contribution in [-0.2, 0) is 0 Å². The number of aryl methyl sites for hydroxylation is 2. The zero-order chi connectivity index (χ0) is 12.1. The fourth-order valence-electron chi connectivity index (χ4n) is 2.39. The van der Waals surface area contributed by atoms with Crippen LogP contribution in [0.2, 0.25) is 0 Å². The van der Waals surface area contributed by atoms with Gasteiger partial charge in [-0.05, 0) is 76.0 Å². The largest absolute Gasteiger partial charge is 0.385 e. The van der Waals surface area contributed by atoms with Gasteiger partial charge in [0.05, 0.1) is 0 Å². The normalized spacial score (nSPS) is 16.4. The molecule has 94 valence electrons. The summed E-state index contributed by atoms with van der Waals surface area (Å²) in [6.07, 6.45) is 4.03. The van der Waals surface area contributed by atoms with Crippen LogP contribution in [0.15, 0.2) is 18.2 Å². The molecule has 0 aromatic heterocycles. The molecule has 2 rings (SSSR count). The first-order valence-electron chi connectivity index (χ1n) is 6.79. The zero-order valence-electron chi connectivity index (χ0n) is 11.1. The predicted molar refractivity (Wildman–Crippen MR) is 74.7 cm³/mol. The van der Waals surface area contributed by atoms with E-state index in [1.54, 1.807) is 0 Å². The highest BCUT2D eigenvalue weighted by Gasteiger charge is 2.09. The Morgan fingerprint density at radius 1 is 1.12 bits per heavy atom. The van der Waals surface area contributed by atoms with E-state index in [0.717, 1.165) is 6.54 Å². The average molecular weight is 232 g/mol. The van der Waals surface area contributed by atoms with Gasteiger partial charge < -0.3 is 10.2 Å². The first kappa shape index (κ1) is 12.4. The molecule has 0 amide bonds. The SMILES string of the molecule is Cc1ccc(NCCCN2CCCC2)cc1C. The highest BCUT2D eigenvalue weighted by molar-refractivity contribution is 5.47. The molecule has 1 saturated heterocycles. The summed E-state index contributed by atoms with van der Waals surface area (Å²) < 4.78 is 0. The summed E-state index contributed by atoms with van der Waals surface area (Å²) >= 11 is 0. The predicted octanol–water partition coefficient (Wildman–Crippen LogP) is 3.20. The highest BCUT2D eigenvalue weighted by Crippen LogP contribution is 2.14. The van der Waals surface area contributed by atoms with E-state index in [2.05, 4.69) is 42.3 Å². The van der Waals surface area contributed by atoms with Crippen LogP contribution in [-0.4, -0.2) is 31.1 Å². The van der Waals surface area contributed by atoms with Crippen LogP contribution < -0.4 is 5.32 Å². The van der Waals surface area contributed by atoms with Gasteiger partial charge in [-0.1, -0.05) is 6.07 Å². The van der Waals surface area contributed by atoms with E-state index in [-0.39, 0.29) is 0 Å². The Bertz CT molecular complexity index is 354. The summed E-state index contributed by atoms with van der Waals surface area (Å²) in [5.41, 5.74) is 4.00. The van der Waals surface area contributed by atoms with Crippen LogP contribution in [0.5, 0.6) is 0 Å². The summed E-state index contributed by atoms with van der Waals surface area (Å²) in [4.78, 5) is 2.57. The Morgan fingerprint density at radius 3 is 2.59 bits per heavy atom. The van der Waals surface area contributed by atoms with Crippen LogP contribution in [0.3, 0.4) is 0 Å². The van der Waals surface area contributed by atoms with Gasteiger partial charge in [-0.15, -0.1) is 0 Å². The minimum absolute atomic E-state index is 1.08. The average Bonchev–Trinajstić information content (AvgIpc) is 2.82. The molecule has 1 fully saturated rings. The van der Waals surface area contributed by atoms with Crippen molar-refractivity contribution in [2.24, 2.45) is 0 Å². The van der Waals surface area contributed by atoms with E-state index in [4.69, 9.17) is 0 Å². The second-order valence-corrected chi connectivity index (χ2v) is 5.13. The van der Waals surface area contributed by atoms with E-state index in [0.29, 0.717) is 0 Å². The van der Waals surface area contributed by atoms with Crippen molar-refractivity contribution in [2.75, 3.05) is 31.5 Å². The van der Waals surface area contributed by atoms with Gasteiger partial charge in [0, 0.05) is 12.2 Å². The lowest BCUT2D eigenvalue weighted by molar-refractivity contribution is 0.337. The van der Waals surface area contributed by atoms with E-state index in [1.165, 1.54) is 55.7 Å². The van der Waals surface area contributed by atoms with Gasteiger partial charge in [-0.25, -0.2) is 0 Å². The Kier molecular flexibility index (Phi) is 4.43. The molecule has 0 radical (unpaired) electrons. The van der Waals surface area contributed by atoms with Gasteiger partial charge >= 0.3 is 0 Å². The number of hydrogen-bond donors (Lipinski definition) is 1. The minimum Gasteiger partial charge on any atom is -0.385 e. The summed E-state index contributed by atoms with van der Waals surface area (Å²) in [7, 11) is 0. The van der Waals surface area contributed by atoms with Crippen LogP contribution in [0, 0.1) is 13.8 Å². The standard InChI is InChI=1S/C15H24N2/c1-13-6-7-15(12-14(13)2)16-8-5-11-17-9-3-4-10-17/h6-7,12,16H,3-5,8-11H2,1-2H3. The molecule has 0 bridgehead atoms. The molecule has 0 saturated carbocycles. The molecule has 1 N–H and O–H groups in total. The number of anilines is 1. The van der Waals surface area contributed by atoms with Gasteiger partial charge in [0.2, 0.25) is 0 Å². The van der Waals surface area contributed by atoms with Crippen molar-refractivity contribution in [1.29, 1.82) is 0 Å². The lowest BCUT2D eigenvalue weighted by atomic mass is 10.1. The fourth-order valence-corrected chi connectivity index (χ4v) is 2.39. The van der Waals surface area contributed by atoms with E-state index < -0.39 is 0 Å². The van der Waals surface area contributed by atoms with Crippen molar-refractivity contribution in [1.82, 2.24) is 4.90 Å². The monoisotopic (exact) mass is 232 g/mol. The molecule has 1 aromatic rings. The number of nitrogens with one attached hydrogen (secondary N) is 1. The lowest BCUT2D eigenvalue weighted by Crippen LogP contribution is -2.22. The number of rotatable bonds is 5. The molecule has 2 heteroatoms. The van der Waals surface area contributed by atoms with Gasteiger partial charge in [0.1, 0.15) is 0 Å². The molecule has 17 heavy (non-hydrogen) atoms. The van der Waals surface area contributed by atoms with Crippen molar-refractivity contribution in [3.05, 3.63) is 29.3 Å². The van der Waals surface area contributed by atoms with Crippen molar-refractivity contribution in [3.8, 4) is 0 Å². The van der Waals surface area contributed by atoms with Crippen molar-refractivity contribution in [2.45, 2.75) is 33.1 Å². The third-order valence-electron chi connectivity index (χ3n) is 3.69. The van der Waals surface area contributed by atoms with E-state index in [9.17, 15) is 0 Å². The van der Waals surface area contributed by atoms with E-state index >= 15 is 0 Å². The molecule has 0 aliphatic carbocycles. The van der Waals surface area contributed by atoms with Crippen molar-refractivity contribution < 1.29 is 0 Å². The number of hydrogen-bond acceptors (Lipinski definition) is 2. The van der Waals surface area contributed by atoms with Crippen LogP contribution in [0.25, 0.3) is 0 Å². The summed E-state index contributed by atoms with van der Waals surface area (Å²) in [5.74, 6) is 0. The van der Waals surface area contributed by atoms with Gasteiger partial charge in [-0.2, -0.15) is 0 Å². The maximum absolute atomic E-state index is 3.51. The Hall–Kier alpha value is -1.02. The van der Waals surface area contributed by atoms with Crippen LogP contribution in [0.4, 0.5) is 5.69 Å². The smallest absolute Gasteiger partial charge is 0.0343 e. The lowest BCUT2D eigenvalue weighted by Gasteiger charge is -2.15. The third kappa shape index (κ3) is 3.74. The first-order valence-corrected chi connectivity index (χ1v) is 6.79. The van der Waals surface area contributed by atoms with E-state index in [1.807, 2.05) is 0 Å². The molecule has 2 nitrogen and oxygen atoms in total. The maximum atomic E-state index is 3.51. The molecular weight excluding hydrogens is 208 g/mol. The molecule has 1 heterocycles. The number of likely N-dealkylation sites (tertiary alicyclic amines) is 1. The molecule has 0 unspecified atom stereocenters. The minimum atomic E-state index is 1.08. The maximum Gasteiger partial charge on any atom is 0.0343 e. The summed E-state index contributed by atoms with van der Waals surface area (Å²) in [6, 6.07) is 6.61. The topological polar surface area (TPSA) is 15.3 Å². The first-order chi connectivity index (χ1) is 8.25. The molecular formula is C15H24N2. The molecule has 1 aliphatic rings. The van der Waals surface area contributed by atoms with Crippen molar-refractivity contribution >= 4 is 5.69 Å². The van der Waals surface area contributed by atoms with Gasteiger partial charge in [-0.3, -0.25) is 0 Å². The number of benzene rings is 1. The second-order valence-electron chi connectivity index (χ2n) is 5.13. The zero-order valence-corrected chi connectivity index (χ0v) is 11.1. The number of nitrogens with zero attached hydrogens (tertiary/aromatic N) is 1. The van der Waals surface area contributed by atoms with Gasteiger partial charge in [0.15, 0.2) is 0 Å². The fraction of sp³-hybridized carbons (Fsp3) is 0.600. The van der Waals surface area contributed by atoms with Crippen molar-refractivity contribution in [3.63, 3.8) is 0 Å².